The standard InChI is InChI=1S/C14H27NO/c1-11-12(6-9-16-11)10-15-13-4-7-14(2,3)8-5-13/h11-13,15H,4-10H2,1-3H3. The summed E-state index contributed by atoms with van der Waals surface area (Å²) >= 11 is 0. The summed E-state index contributed by atoms with van der Waals surface area (Å²) in [5.41, 5.74) is 0.585. The summed E-state index contributed by atoms with van der Waals surface area (Å²) < 4.78 is 5.60. The lowest BCUT2D eigenvalue weighted by Crippen LogP contribution is -2.39. The largest absolute Gasteiger partial charge is 0.378 e. The lowest BCUT2D eigenvalue weighted by molar-refractivity contribution is 0.103. The second kappa shape index (κ2) is 5.05. The second-order valence-corrected chi connectivity index (χ2v) is 6.47. The van der Waals surface area contributed by atoms with Gasteiger partial charge in [-0.15, -0.1) is 0 Å². The normalized spacial score (nSPS) is 35.4. The van der Waals surface area contributed by atoms with Crippen molar-refractivity contribution < 1.29 is 4.74 Å². The van der Waals surface area contributed by atoms with Crippen LogP contribution in [-0.2, 0) is 4.74 Å². The third-order valence-corrected chi connectivity index (χ3v) is 4.54. The second-order valence-electron chi connectivity index (χ2n) is 6.47. The van der Waals surface area contributed by atoms with Crippen LogP contribution in [0.1, 0.15) is 52.9 Å². The van der Waals surface area contributed by atoms with Gasteiger partial charge in [0.1, 0.15) is 0 Å². The zero-order valence-corrected chi connectivity index (χ0v) is 11.1. The fourth-order valence-corrected chi connectivity index (χ4v) is 2.97. The van der Waals surface area contributed by atoms with E-state index in [4.69, 9.17) is 4.74 Å². The fraction of sp³-hybridized carbons (Fsp3) is 1.00. The Balaban J connectivity index is 1.67. The van der Waals surface area contributed by atoms with E-state index in [-0.39, 0.29) is 0 Å². The SMILES string of the molecule is CC1OCCC1CNC1CCC(C)(C)CC1. The minimum atomic E-state index is 0.465. The van der Waals surface area contributed by atoms with Gasteiger partial charge in [0.15, 0.2) is 0 Å². The van der Waals surface area contributed by atoms with Crippen LogP contribution < -0.4 is 5.32 Å². The Hall–Kier alpha value is -0.0800. The van der Waals surface area contributed by atoms with Gasteiger partial charge in [0.05, 0.1) is 6.10 Å². The van der Waals surface area contributed by atoms with Gasteiger partial charge in [-0.25, -0.2) is 0 Å². The topological polar surface area (TPSA) is 21.3 Å². The lowest BCUT2D eigenvalue weighted by atomic mass is 9.75. The van der Waals surface area contributed by atoms with E-state index < -0.39 is 0 Å². The molecule has 2 atom stereocenters. The molecule has 0 aromatic carbocycles. The molecule has 16 heavy (non-hydrogen) atoms. The Kier molecular flexibility index (Phi) is 3.91. The molecule has 1 N–H and O–H groups in total. The summed E-state index contributed by atoms with van der Waals surface area (Å²) in [6.45, 7) is 9.13. The van der Waals surface area contributed by atoms with E-state index in [9.17, 15) is 0 Å². The average Bonchev–Trinajstić information content (AvgIpc) is 2.63. The van der Waals surface area contributed by atoms with Crippen molar-refractivity contribution in [1.29, 1.82) is 0 Å². The van der Waals surface area contributed by atoms with Crippen molar-refractivity contribution in [2.75, 3.05) is 13.2 Å². The van der Waals surface area contributed by atoms with Crippen LogP contribution in [0.3, 0.4) is 0 Å². The monoisotopic (exact) mass is 225 g/mol. The highest BCUT2D eigenvalue weighted by Crippen LogP contribution is 2.35. The highest BCUT2D eigenvalue weighted by atomic mass is 16.5. The van der Waals surface area contributed by atoms with Gasteiger partial charge in [-0.2, -0.15) is 0 Å². The molecular weight excluding hydrogens is 198 g/mol. The first kappa shape index (κ1) is 12.4. The zero-order chi connectivity index (χ0) is 11.6. The van der Waals surface area contributed by atoms with Crippen LogP contribution in [0.25, 0.3) is 0 Å². The summed E-state index contributed by atoms with van der Waals surface area (Å²) in [6, 6.07) is 0.765. The zero-order valence-electron chi connectivity index (χ0n) is 11.1. The van der Waals surface area contributed by atoms with E-state index in [1.807, 2.05) is 0 Å². The summed E-state index contributed by atoms with van der Waals surface area (Å²) in [4.78, 5) is 0. The molecule has 2 aliphatic rings. The predicted molar refractivity (Wildman–Crippen MR) is 67.6 cm³/mol. The first-order valence-corrected chi connectivity index (χ1v) is 6.92. The summed E-state index contributed by atoms with van der Waals surface area (Å²) in [5.74, 6) is 0.745. The maximum Gasteiger partial charge on any atom is 0.0588 e. The van der Waals surface area contributed by atoms with Gasteiger partial charge >= 0.3 is 0 Å². The molecule has 1 saturated carbocycles. The Morgan fingerprint density at radius 2 is 1.88 bits per heavy atom. The number of rotatable bonds is 3. The Bertz CT molecular complexity index is 217. The molecule has 94 valence electrons. The van der Waals surface area contributed by atoms with Gasteiger partial charge in [-0.3, -0.25) is 0 Å². The maximum absolute atomic E-state index is 5.60. The molecule has 2 rings (SSSR count). The third kappa shape index (κ3) is 3.21. The smallest absolute Gasteiger partial charge is 0.0588 e. The Morgan fingerprint density at radius 3 is 2.44 bits per heavy atom. The van der Waals surface area contributed by atoms with Crippen molar-refractivity contribution in [3.8, 4) is 0 Å². The van der Waals surface area contributed by atoms with Crippen LogP contribution in [0.5, 0.6) is 0 Å². The molecule has 1 heterocycles. The predicted octanol–water partition coefficient (Wildman–Crippen LogP) is 2.97. The first-order chi connectivity index (χ1) is 7.57. The van der Waals surface area contributed by atoms with Gasteiger partial charge in [0.25, 0.3) is 0 Å². The highest BCUT2D eigenvalue weighted by Gasteiger charge is 2.28. The van der Waals surface area contributed by atoms with Crippen LogP contribution in [0.2, 0.25) is 0 Å². The van der Waals surface area contributed by atoms with E-state index in [2.05, 4.69) is 26.1 Å². The van der Waals surface area contributed by atoms with E-state index in [0.29, 0.717) is 11.5 Å². The van der Waals surface area contributed by atoms with Gasteiger partial charge in [-0.05, 0) is 50.4 Å². The van der Waals surface area contributed by atoms with Crippen molar-refractivity contribution >= 4 is 0 Å². The molecule has 0 bridgehead atoms. The van der Waals surface area contributed by atoms with Gasteiger partial charge in [-0.1, -0.05) is 13.8 Å². The molecular formula is C14H27NO. The summed E-state index contributed by atoms with van der Waals surface area (Å²) in [5, 5.41) is 3.75. The molecule has 2 nitrogen and oxygen atoms in total. The first-order valence-electron chi connectivity index (χ1n) is 6.92. The lowest BCUT2D eigenvalue weighted by Gasteiger charge is -2.35. The number of hydrogen-bond donors (Lipinski definition) is 1. The van der Waals surface area contributed by atoms with Crippen molar-refractivity contribution in [2.45, 2.75) is 65.0 Å². The summed E-state index contributed by atoms with van der Waals surface area (Å²) in [6.07, 6.45) is 7.17. The molecule has 0 radical (unpaired) electrons. The minimum Gasteiger partial charge on any atom is -0.378 e. The van der Waals surface area contributed by atoms with Crippen LogP contribution >= 0.6 is 0 Å². The van der Waals surface area contributed by atoms with E-state index in [0.717, 1.165) is 25.1 Å². The molecule has 0 spiro atoms. The quantitative estimate of drug-likeness (QED) is 0.797. The molecule has 2 unspecified atom stereocenters. The Morgan fingerprint density at radius 1 is 1.19 bits per heavy atom. The molecule has 2 fully saturated rings. The molecule has 1 aliphatic carbocycles. The van der Waals surface area contributed by atoms with Crippen LogP contribution in [-0.4, -0.2) is 25.3 Å². The van der Waals surface area contributed by atoms with Crippen molar-refractivity contribution in [3.63, 3.8) is 0 Å². The maximum atomic E-state index is 5.60. The molecule has 0 aromatic rings. The van der Waals surface area contributed by atoms with Gasteiger partial charge < -0.3 is 10.1 Å². The van der Waals surface area contributed by atoms with Crippen LogP contribution in [0, 0.1) is 11.3 Å². The van der Waals surface area contributed by atoms with Crippen molar-refractivity contribution in [3.05, 3.63) is 0 Å². The number of hydrogen-bond acceptors (Lipinski definition) is 2. The summed E-state index contributed by atoms with van der Waals surface area (Å²) in [7, 11) is 0. The molecule has 1 aliphatic heterocycles. The van der Waals surface area contributed by atoms with Gasteiger partial charge in [0.2, 0.25) is 0 Å². The number of ether oxygens (including phenoxy) is 1. The van der Waals surface area contributed by atoms with Crippen molar-refractivity contribution in [2.24, 2.45) is 11.3 Å². The van der Waals surface area contributed by atoms with Crippen molar-refractivity contribution in [1.82, 2.24) is 5.32 Å². The average molecular weight is 225 g/mol. The molecule has 2 heteroatoms. The molecule has 0 aromatic heterocycles. The van der Waals surface area contributed by atoms with Crippen LogP contribution in [0.15, 0.2) is 0 Å². The fourth-order valence-electron chi connectivity index (χ4n) is 2.97. The molecule has 0 amide bonds. The van der Waals surface area contributed by atoms with E-state index in [1.165, 1.54) is 32.1 Å². The van der Waals surface area contributed by atoms with Crippen LogP contribution in [0.4, 0.5) is 0 Å². The number of nitrogens with one attached hydrogen (secondary N) is 1. The van der Waals surface area contributed by atoms with E-state index >= 15 is 0 Å². The minimum absolute atomic E-state index is 0.465. The van der Waals surface area contributed by atoms with Gasteiger partial charge in [0, 0.05) is 19.2 Å². The van der Waals surface area contributed by atoms with E-state index in [1.54, 1.807) is 0 Å². The molecule has 1 saturated heterocycles. The Labute approximate surface area is 100 Å². The highest BCUT2D eigenvalue weighted by molar-refractivity contribution is 4.84. The third-order valence-electron chi connectivity index (χ3n) is 4.54.